The summed E-state index contributed by atoms with van der Waals surface area (Å²) in [5, 5.41) is 4.61. The van der Waals surface area contributed by atoms with E-state index in [2.05, 4.69) is 41.2 Å². The molecule has 2 N–H and O–H groups in total. The van der Waals surface area contributed by atoms with E-state index in [1.54, 1.807) is 4.68 Å². The Labute approximate surface area is 119 Å². The van der Waals surface area contributed by atoms with Crippen LogP contribution in [-0.4, -0.2) is 24.5 Å². The predicted molar refractivity (Wildman–Crippen MR) is 82.5 cm³/mol. The van der Waals surface area contributed by atoms with Gasteiger partial charge >= 0.3 is 5.82 Å². The molecule has 0 fully saturated rings. The Morgan fingerprint density at radius 1 is 1.30 bits per heavy atom. The summed E-state index contributed by atoms with van der Waals surface area (Å²) in [4.78, 5) is 2.08. The minimum absolute atomic E-state index is 0.833. The van der Waals surface area contributed by atoms with E-state index in [0.29, 0.717) is 0 Å². The zero-order valence-electron chi connectivity index (χ0n) is 12.5. The van der Waals surface area contributed by atoms with Crippen LogP contribution in [0.2, 0.25) is 0 Å². The molecule has 106 valence electrons. The van der Waals surface area contributed by atoms with Crippen molar-refractivity contribution in [1.82, 2.24) is 4.68 Å². The number of nitrogens with zero attached hydrogens (tertiary/aromatic N) is 4. The van der Waals surface area contributed by atoms with Gasteiger partial charge in [0.25, 0.3) is 0 Å². The molecule has 1 aromatic carbocycles. The lowest BCUT2D eigenvalue weighted by Crippen LogP contribution is -2.46. The normalized spacial score (nSPS) is 11.7. The molecule has 0 aliphatic heterocycles. The summed E-state index contributed by atoms with van der Waals surface area (Å²) in [6.07, 6.45) is 4.52. The van der Waals surface area contributed by atoms with Gasteiger partial charge in [0.1, 0.15) is 0 Å². The number of hydrogen-bond donors (Lipinski definition) is 1. The molecule has 5 nitrogen and oxygen atoms in total. The van der Waals surface area contributed by atoms with Gasteiger partial charge in [-0.1, -0.05) is 24.2 Å². The van der Waals surface area contributed by atoms with Gasteiger partial charge in [-0.25, -0.2) is 0 Å². The highest BCUT2D eigenvalue weighted by molar-refractivity contribution is 5.98. The standard InChI is InChI=1S/C15H22N5/c1-5-15-19(16)10-11-20(15)17-12(2)13-6-8-14(9-7-13)18(3)4/h6-11H,5,16H2,1-4H3/q+1/b17-12-. The van der Waals surface area contributed by atoms with Crippen molar-refractivity contribution in [1.29, 1.82) is 0 Å². The van der Waals surface area contributed by atoms with E-state index in [0.717, 1.165) is 23.5 Å². The fraction of sp³-hybridized carbons (Fsp3) is 0.333. The van der Waals surface area contributed by atoms with E-state index >= 15 is 0 Å². The average Bonchev–Trinajstić information content (AvgIpc) is 2.79. The third kappa shape index (κ3) is 2.82. The van der Waals surface area contributed by atoms with Gasteiger partial charge in [0.2, 0.25) is 0 Å². The van der Waals surface area contributed by atoms with Crippen LogP contribution in [-0.2, 0) is 6.42 Å². The first-order valence-electron chi connectivity index (χ1n) is 6.73. The SMILES string of the molecule is CCc1n(/N=C(/C)c2ccc(N(C)C)cc2)cc[n+]1N. The van der Waals surface area contributed by atoms with Crippen molar-refractivity contribution < 1.29 is 4.68 Å². The lowest BCUT2D eigenvalue weighted by atomic mass is 10.1. The molecule has 0 saturated heterocycles. The van der Waals surface area contributed by atoms with Gasteiger partial charge in [0.15, 0.2) is 12.4 Å². The molecule has 5 heteroatoms. The monoisotopic (exact) mass is 272 g/mol. The molecule has 0 amide bonds. The lowest BCUT2D eigenvalue weighted by Gasteiger charge is -2.12. The van der Waals surface area contributed by atoms with Gasteiger partial charge in [-0.2, -0.15) is 0 Å². The first kappa shape index (κ1) is 14.1. The highest BCUT2D eigenvalue weighted by Gasteiger charge is 2.13. The van der Waals surface area contributed by atoms with Crippen molar-refractivity contribution in [2.75, 3.05) is 24.8 Å². The zero-order chi connectivity index (χ0) is 14.7. The average molecular weight is 272 g/mol. The third-order valence-electron chi connectivity index (χ3n) is 3.31. The Hall–Kier alpha value is -2.30. The van der Waals surface area contributed by atoms with E-state index in [-0.39, 0.29) is 0 Å². The van der Waals surface area contributed by atoms with Crippen molar-refractivity contribution in [3.8, 4) is 0 Å². The number of rotatable bonds is 4. The highest BCUT2D eigenvalue weighted by Crippen LogP contribution is 2.13. The van der Waals surface area contributed by atoms with Gasteiger partial charge in [-0.15, -0.1) is 9.35 Å². The molecule has 0 saturated carbocycles. The minimum Gasteiger partial charge on any atom is -0.378 e. The summed E-state index contributed by atoms with van der Waals surface area (Å²) in [5.74, 6) is 6.81. The summed E-state index contributed by atoms with van der Waals surface area (Å²) in [6.45, 7) is 4.07. The smallest absolute Gasteiger partial charge is 0.304 e. The maximum absolute atomic E-state index is 5.84. The summed E-state index contributed by atoms with van der Waals surface area (Å²) >= 11 is 0. The van der Waals surface area contributed by atoms with E-state index in [9.17, 15) is 0 Å². The lowest BCUT2D eigenvalue weighted by molar-refractivity contribution is -0.646. The van der Waals surface area contributed by atoms with Crippen molar-refractivity contribution >= 4 is 11.4 Å². The third-order valence-corrected chi connectivity index (χ3v) is 3.31. The zero-order valence-corrected chi connectivity index (χ0v) is 12.5. The second-order valence-corrected chi connectivity index (χ2v) is 4.95. The van der Waals surface area contributed by atoms with Crippen LogP contribution in [0.5, 0.6) is 0 Å². The fourth-order valence-corrected chi connectivity index (χ4v) is 2.08. The van der Waals surface area contributed by atoms with Gasteiger partial charge in [-0.3, -0.25) is 5.84 Å². The van der Waals surface area contributed by atoms with Crippen LogP contribution in [0.1, 0.15) is 25.2 Å². The molecular formula is C15H22N5+. The van der Waals surface area contributed by atoms with E-state index in [1.807, 2.05) is 38.1 Å². The molecule has 2 aromatic rings. The molecule has 0 radical (unpaired) electrons. The number of aromatic nitrogens is 2. The number of nitrogens with two attached hydrogens (primary N) is 1. The van der Waals surface area contributed by atoms with Gasteiger partial charge in [0.05, 0.1) is 12.1 Å². The van der Waals surface area contributed by atoms with Gasteiger partial charge in [0, 0.05) is 19.8 Å². The maximum Gasteiger partial charge on any atom is 0.304 e. The fourth-order valence-electron chi connectivity index (χ4n) is 2.08. The first-order chi connectivity index (χ1) is 9.52. The summed E-state index contributed by atoms with van der Waals surface area (Å²) in [6, 6.07) is 8.35. The first-order valence-corrected chi connectivity index (χ1v) is 6.73. The Bertz CT molecular complexity index is 608. The summed E-state index contributed by atoms with van der Waals surface area (Å²) < 4.78 is 3.43. The van der Waals surface area contributed by atoms with Crippen molar-refractivity contribution in [3.05, 3.63) is 48.0 Å². The van der Waals surface area contributed by atoms with Crippen molar-refractivity contribution in [2.45, 2.75) is 20.3 Å². The largest absolute Gasteiger partial charge is 0.378 e. The Kier molecular flexibility index (Phi) is 4.08. The second kappa shape index (κ2) is 5.77. The molecule has 1 heterocycles. The Balaban J connectivity index is 2.30. The molecule has 0 bridgehead atoms. The molecule has 0 aliphatic carbocycles. The van der Waals surface area contributed by atoms with Crippen LogP contribution in [0.4, 0.5) is 5.69 Å². The molecule has 20 heavy (non-hydrogen) atoms. The molecule has 0 aliphatic rings. The molecule has 0 spiro atoms. The maximum atomic E-state index is 5.84. The molecule has 0 atom stereocenters. The summed E-state index contributed by atoms with van der Waals surface area (Å²) in [7, 11) is 4.06. The predicted octanol–water partition coefficient (Wildman–Crippen LogP) is 1.39. The molecular weight excluding hydrogens is 250 g/mol. The van der Waals surface area contributed by atoms with Gasteiger partial charge in [-0.05, 0) is 24.6 Å². The van der Waals surface area contributed by atoms with E-state index in [4.69, 9.17) is 5.84 Å². The highest BCUT2D eigenvalue weighted by atomic mass is 15.4. The summed E-state index contributed by atoms with van der Waals surface area (Å²) in [5.41, 5.74) is 3.24. The molecule has 2 rings (SSSR count). The van der Waals surface area contributed by atoms with E-state index in [1.165, 1.54) is 5.69 Å². The minimum atomic E-state index is 0.833. The van der Waals surface area contributed by atoms with Crippen LogP contribution in [0, 0.1) is 0 Å². The van der Waals surface area contributed by atoms with Crippen LogP contribution < -0.4 is 15.4 Å². The van der Waals surface area contributed by atoms with Crippen molar-refractivity contribution in [2.24, 2.45) is 5.10 Å². The van der Waals surface area contributed by atoms with Crippen LogP contribution in [0.25, 0.3) is 0 Å². The van der Waals surface area contributed by atoms with Crippen molar-refractivity contribution in [3.63, 3.8) is 0 Å². The second-order valence-electron chi connectivity index (χ2n) is 4.95. The number of imidazole rings is 1. The Morgan fingerprint density at radius 2 is 1.95 bits per heavy atom. The van der Waals surface area contributed by atoms with E-state index < -0.39 is 0 Å². The number of hydrogen-bond acceptors (Lipinski definition) is 3. The molecule has 1 aromatic heterocycles. The number of nitrogen functional groups attached to an aromatic ring is 1. The molecule has 0 unspecified atom stereocenters. The van der Waals surface area contributed by atoms with Crippen LogP contribution >= 0.6 is 0 Å². The topological polar surface area (TPSA) is 50.4 Å². The van der Waals surface area contributed by atoms with Gasteiger partial charge < -0.3 is 4.90 Å². The number of benzene rings is 1. The Morgan fingerprint density at radius 3 is 2.50 bits per heavy atom. The quantitative estimate of drug-likeness (QED) is 0.519. The van der Waals surface area contributed by atoms with Crippen LogP contribution in [0.15, 0.2) is 41.8 Å². The number of anilines is 1. The van der Waals surface area contributed by atoms with Crippen LogP contribution in [0.3, 0.4) is 0 Å².